The molecule has 1 aromatic carbocycles. The van der Waals surface area contributed by atoms with E-state index >= 15 is 0 Å². The lowest BCUT2D eigenvalue weighted by Gasteiger charge is -2.19. The van der Waals surface area contributed by atoms with E-state index in [0.29, 0.717) is 0 Å². The molecule has 0 amide bonds. The molecule has 0 heterocycles. The maximum atomic E-state index is 5.59. The van der Waals surface area contributed by atoms with Crippen molar-refractivity contribution >= 4 is 0 Å². The van der Waals surface area contributed by atoms with Crippen molar-refractivity contribution in [3.63, 3.8) is 0 Å². The molecule has 82 valence electrons. The van der Waals surface area contributed by atoms with Crippen LogP contribution in [0.25, 0.3) is 0 Å². The molecule has 2 nitrogen and oxygen atoms in total. The van der Waals surface area contributed by atoms with Crippen LogP contribution in [0.15, 0.2) is 18.2 Å². The molecule has 0 aromatic heterocycles. The highest BCUT2D eigenvalue weighted by Crippen LogP contribution is 2.05. The van der Waals surface area contributed by atoms with Crippen LogP contribution in [0.1, 0.15) is 20.3 Å². The van der Waals surface area contributed by atoms with Crippen molar-refractivity contribution < 1.29 is 4.74 Å². The Morgan fingerprint density at radius 1 is 1.27 bits per heavy atom. The third-order valence-electron chi connectivity index (χ3n) is 2.29. The predicted molar refractivity (Wildman–Crippen MR) is 62.0 cm³/mol. The smallest absolute Gasteiger partial charge is 0.128 e. The van der Waals surface area contributed by atoms with Crippen molar-refractivity contribution in [2.24, 2.45) is 0 Å². The van der Waals surface area contributed by atoms with Crippen LogP contribution in [0.5, 0.6) is 5.75 Å². The van der Waals surface area contributed by atoms with Crippen molar-refractivity contribution in [2.45, 2.75) is 20.3 Å². The van der Waals surface area contributed by atoms with Gasteiger partial charge in [0, 0.05) is 12.6 Å². The second kappa shape index (κ2) is 7.14. The molecular weight excluding hydrogens is 186 g/mol. The maximum Gasteiger partial charge on any atom is 0.128 e. The summed E-state index contributed by atoms with van der Waals surface area (Å²) in [4.78, 5) is 2.39. The number of ether oxygens (including phenoxy) is 1. The minimum absolute atomic E-state index is 0.742. The molecule has 0 radical (unpaired) electrons. The lowest BCUT2D eigenvalue weighted by molar-refractivity contribution is 0.216. The Bertz CT molecular complexity index is 248. The summed E-state index contributed by atoms with van der Waals surface area (Å²) in [6.45, 7) is 8.35. The summed E-state index contributed by atoms with van der Waals surface area (Å²) in [5, 5.41) is 0. The van der Waals surface area contributed by atoms with E-state index in [1.807, 2.05) is 18.2 Å². The Morgan fingerprint density at radius 3 is 2.73 bits per heavy atom. The monoisotopic (exact) mass is 205 g/mol. The van der Waals surface area contributed by atoms with E-state index in [1.54, 1.807) is 0 Å². The number of likely N-dealkylation sites (N-methyl/N-ethyl adjacent to an activating group) is 1. The molecule has 0 unspecified atom stereocenters. The number of rotatable bonds is 7. The predicted octanol–water partition coefficient (Wildman–Crippen LogP) is 2.40. The van der Waals surface area contributed by atoms with Gasteiger partial charge in [-0.1, -0.05) is 26.0 Å². The molecule has 0 aliphatic heterocycles. The summed E-state index contributed by atoms with van der Waals surface area (Å²) in [6.07, 6.45) is 1.20. The Kier molecular flexibility index (Phi) is 5.65. The van der Waals surface area contributed by atoms with E-state index in [0.717, 1.165) is 32.0 Å². The summed E-state index contributed by atoms with van der Waals surface area (Å²) >= 11 is 0. The second-order valence-electron chi connectivity index (χ2n) is 3.45. The standard InChI is InChI=1S/C13H19NO/c1-3-10-14(4-2)11-12-15-13-8-6-5-7-9-13/h6,8-9H,3-4,10-12H2,1-2H3. The van der Waals surface area contributed by atoms with E-state index in [2.05, 4.69) is 30.9 Å². The largest absolute Gasteiger partial charge is 0.492 e. The molecule has 0 atom stereocenters. The van der Waals surface area contributed by atoms with Crippen LogP contribution in [-0.4, -0.2) is 31.1 Å². The maximum absolute atomic E-state index is 5.59. The minimum atomic E-state index is 0.742. The summed E-state index contributed by atoms with van der Waals surface area (Å²) < 4.78 is 5.59. The molecule has 0 saturated heterocycles. The fourth-order valence-corrected chi connectivity index (χ4v) is 1.46. The van der Waals surface area contributed by atoms with Gasteiger partial charge in [-0.25, -0.2) is 0 Å². The van der Waals surface area contributed by atoms with E-state index in [1.165, 1.54) is 6.42 Å². The van der Waals surface area contributed by atoms with Gasteiger partial charge in [0.15, 0.2) is 0 Å². The summed E-state index contributed by atoms with van der Waals surface area (Å²) in [7, 11) is 0. The van der Waals surface area contributed by atoms with Crippen molar-refractivity contribution in [2.75, 3.05) is 26.2 Å². The van der Waals surface area contributed by atoms with Crippen molar-refractivity contribution in [3.05, 3.63) is 30.3 Å². The van der Waals surface area contributed by atoms with E-state index in [-0.39, 0.29) is 0 Å². The normalized spacial score (nSPS) is 10.1. The molecule has 0 bridgehead atoms. The number of nitrogens with zero attached hydrogens (tertiary/aromatic N) is 1. The van der Waals surface area contributed by atoms with Gasteiger partial charge in [-0.05, 0) is 31.6 Å². The third-order valence-corrected chi connectivity index (χ3v) is 2.29. The summed E-state index contributed by atoms with van der Waals surface area (Å²) in [5.74, 6) is 0.876. The zero-order valence-electron chi connectivity index (χ0n) is 9.62. The van der Waals surface area contributed by atoms with Gasteiger partial charge in [-0.2, -0.15) is 0 Å². The van der Waals surface area contributed by atoms with Crippen LogP contribution < -0.4 is 4.74 Å². The molecule has 2 heteroatoms. The molecule has 15 heavy (non-hydrogen) atoms. The van der Waals surface area contributed by atoms with E-state index in [4.69, 9.17) is 4.74 Å². The Morgan fingerprint density at radius 2 is 2.13 bits per heavy atom. The highest BCUT2D eigenvalue weighted by Gasteiger charge is 2.00. The highest BCUT2D eigenvalue weighted by molar-refractivity contribution is 5.16. The average molecular weight is 205 g/mol. The lowest BCUT2D eigenvalue weighted by atomic mass is 10.4. The third kappa shape index (κ3) is 4.71. The number of hydrogen-bond donors (Lipinski definition) is 0. The fraction of sp³-hybridized carbons (Fsp3) is 0.538. The molecular formula is C13H19NO. The zero-order valence-corrected chi connectivity index (χ0v) is 9.62. The van der Waals surface area contributed by atoms with Gasteiger partial charge in [0.05, 0.1) is 0 Å². The molecule has 0 fully saturated rings. The highest BCUT2D eigenvalue weighted by atomic mass is 16.5. The SMILES string of the molecule is CCCN(CC)CCOc1cc#ccc1. The first kappa shape index (κ1) is 11.9. The Balaban J connectivity index is 2.20. The molecule has 0 aliphatic rings. The van der Waals surface area contributed by atoms with Crippen LogP contribution >= 0.6 is 0 Å². The molecule has 0 spiro atoms. The van der Waals surface area contributed by atoms with Gasteiger partial charge in [-0.3, -0.25) is 0 Å². The van der Waals surface area contributed by atoms with Crippen LogP contribution in [0, 0.1) is 12.1 Å². The lowest BCUT2D eigenvalue weighted by Crippen LogP contribution is -2.28. The molecule has 0 saturated carbocycles. The van der Waals surface area contributed by atoms with Crippen LogP contribution in [0.2, 0.25) is 0 Å². The zero-order chi connectivity index (χ0) is 10.9. The fourth-order valence-electron chi connectivity index (χ4n) is 1.46. The first-order valence-electron chi connectivity index (χ1n) is 5.59. The Labute approximate surface area is 92.9 Å². The van der Waals surface area contributed by atoms with E-state index < -0.39 is 0 Å². The van der Waals surface area contributed by atoms with Crippen molar-refractivity contribution in [1.29, 1.82) is 0 Å². The molecule has 1 rings (SSSR count). The molecule has 0 N–H and O–H groups in total. The Hall–Kier alpha value is -1.20. The minimum Gasteiger partial charge on any atom is -0.492 e. The van der Waals surface area contributed by atoms with Crippen LogP contribution in [0.3, 0.4) is 0 Å². The summed E-state index contributed by atoms with van der Waals surface area (Å²) in [6, 6.07) is 11.3. The van der Waals surface area contributed by atoms with Gasteiger partial charge in [-0.15, -0.1) is 0 Å². The van der Waals surface area contributed by atoms with Gasteiger partial charge >= 0.3 is 0 Å². The number of hydrogen-bond acceptors (Lipinski definition) is 2. The first-order valence-corrected chi connectivity index (χ1v) is 5.59. The quantitative estimate of drug-likeness (QED) is 0.677. The first-order chi connectivity index (χ1) is 7.36. The van der Waals surface area contributed by atoms with Crippen LogP contribution in [-0.2, 0) is 0 Å². The summed E-state index contributed by atoms with van der Waals surface area (Å²) in [5.41, 5.74) is 0. The van der Waals surface area contributed by atoms with Crippen molar-refractivity contribution in [1.82, 2.24) is 4.90 Å². The van der Waals surface area contributed by atoms with Gasteiger partial charge in [0.1, 0.15) is 12.4 Å². The molecule has 1 aromatic rings. The van der Waals surface area contributed by atoms with Crippen molar-refractivity contribution in [3.8, 4) is 5.75 Å². The van der Waals surface area contributed by atoms with Gasteiger partial charge in [0.25, 0.3) is 0 Å². The van der Waals surface area contributed by atoms with E-state index in [9.17, 15) is 0 Å². The van der Waals surface area contributed by atoms with Gasteiger partial charge < -0.3 is 9.64 Å². The second-order valence-corrected chi connectivity index (χ2v) is 3.45. The molecule has 0 aliphatic carbocycles. The van der Waals surface area contributed by atoms with Crippen LogP contribution in [0.4, 0.5) is 0 Å². The topological polar surface area (TPSA) is 12.5 Å². The van der Waals surface area contributed by atoms with Gasteiger partial charge in [0.2, 0.25) is 0 Å². The average Bonchev–Trinajstić information content (AvgIpc) is 2.29.